The number of rotatable bonds is 2. The van der Waals surface area contributed by atoms with E-state index in [0.29, 0.717) is 39.2 Å². The summed E-state index contributed by atoms with van der Waals surface area (Å²) in [4.78, 5) is 24.5. The molecule has 6 heteroatoms. The first-order valence-electron chi connectivity index (χ1n) is 7.29. The molecule has 0 spiro atoms. The summed E-state index contributed by atoms with van der Waals surface area (Å²) in [6.45, 7) is 5.01. The number of carbonyl (C=O) groups excluding carboxylic acids is 1. The normalized spacial score (nSPS) is 11.0. The number of carbonyl (C=O) groups is 1. The molecule has 0 amide bonds. The first-order valence-corrected chi connectivity index (χ1v) is 7.29. The van der Waals surface area contributed by atoms with Gasteiger partial charge in [0.15, 0.2) is 0 Å². The highest BCUT2D eigenvalue weighted by Gasteiger charge is 2.22. The van der Waals surface area contributed by atoms with E-state index in [9.17, 15) is 14.7 Å². The Labute approximate surface area is 137 Å². The van der Waals surface area contributed by atoms with E-state index in [0.717, 1.165) is 0 Å². The van der Waals surface area contributed by atoms with Crippen molar-refractivity contribution in [2.45, 2.75) is 20.8 Å². The van der Waals surface area contributed by atoms with E-state index in [1.165, 1.54) is 19.2 Å². The zero-order valence-corrected chi connectivity index (χ0v) is 13.7. The van der Waals surface area contributed by atoms with Gasteiger partial charge in [0.2, 0.25) is 11.2 Å². The number of methoxy groups -OCH3 is 1. The number of hydrogen-bond donors (Lipinski definition) is 1. The highest BCUT2D eigenvalue weighted by atomic mass is 16.5. The van der Waals surface area contributed by atoms with Crippen LogP contribution in [-0.4, -0.2) is 18.2 Å². The summed E-state index contributed by atoms with van der Waals surface area (Å²) >= 11 is 0. The summed E-state index contributed by atoms with van der Waals surface area (Å²) < 4.78 is 15.7. The van der Waals surface area contributed by atoms with Crippen LogP contribution in [0.15, 0.2) is 31.8 Å². The summed E-state index contributed by atoms with van der Waals surface area (Å²) in [6, 6.07) is 4.47. The Balaban J connectivity index is 2.31. The van der Waals surface area contributed by atoms with Gasteiger partial charge < -0.3 is 18.7 Å². The van der Waals surface area contributed by atoms with Crippen LogP contribution in [0.3, 0.4) is 0 Å². The summed E-state index contributed by atoms with van der Waals surface area (Å²) in [5.41, 5.74) is 1.43. The molecule has 0 fully saturated rings. The van der Waals surface area contributed by atoms with E-state index in [1.54, 1.807) is 26.8 Å². The Morgan fingerprint density at radius 2 is 1.79 bits per heavy atom. The van der Waals surface area contributed by atoms with Crippen molar-refractivity contribution in [1.29, 1.82) is 0 Å². The molecular formula is C18H16O6. The van der Waals surface area contributed by atoms with Gasteiger partial charge in [-0.3, -0.25) is 4.79 Å². The molecule has 2 aromatic heterocycles. The number of phenolic OH excluding ortho intramolecular Hbond substituents is 1. The van der Waals surface area contributed by atoms with Gasteiger partial charge in [-0.25, -0.2) is 4.79 Å². The molecule has 0 bridgehead atoms. The Bertz CT molecular complexity index is 1020. The second kappa shape index (κ2) is 5.56. The highest BCUT2D eigenvalue weighted by Crippen LogP contribution is 2.31. The lowest BCUT2D eigenvalue weighted by atomic mass is 10.0. The number of phenols is 1. The Hall–Kier alpha value is -3.02. The molecule has 1 N–H and O–H groups in total. The summed E-state index contributed by atoms with van der Waals surface area (Å²) in [5.74, 6) is 0.251. The van der Waals surface area contributed by atoms with Gasteiger partial charge in [-0.2, -0.15) is 0 Å². The Morgan fingerprint density at radius 3 is 2.46 bits per heavy atom. The maximum Gasteiger partial charge on any atom is 0.373 e. The molecule has 0 aliphatic heterocycles. The third-order valence-electron chi connectivity index (χ3n) is 3.96. The van der Waals surface area contributed by atoms with Crippen LogP contribution >= 0.6 is 0 Å². The summed E-state index contributed by atoms with van der Waals surface area (Å²) in [6.07, 6.45) is 0. The third kappa shape index (κ3) is 2.36. The van der Waals surface area contributed by atoms with Crippen molar-refractivity contribution in [3.8, 4) is 16.9 Å². The minimum Gasteiger partial charge on any atom is -0.508 e. The van der Waals surface area contributed by atoms with Gasteiger partial charge in [-0.1, -0.05) is 0 Å². The van der Waals surface area contributed by atoms with Crippen molar-refractivity contribution in [2.75, 3.05) is 7.11 Å². The van der Waals surface area contributed by atoms with Crippen molar-refractivity contribution >= 4 is 16.9 Å². The highest BCUT2D eigenvalue weighted by molar-refractivity contribution is 5.90. The number of hydrogen-bond acceptors (Lipinski definition) is 6. The van der Waals surface area contributed by atoms with E-state index in [-0.39, 0.29) is 16.9 Å². The quantitative estimate of drug-likeness (QED) is 0.724. The monoisotopic (exact) mass is 328 g/mol. The second-order valence-corrected chi connectivity index (χ2v) is 5.57. The zero-order chi connectivity index (χ0) is 17.6. The third-order valence-corrected chi connectivity index (χ3v) is 3.96. The van der Waals surface area contributed by atoms with Crippen LogP contribution in [0.5, 0.6) is 5.75 Å². The van der Waals surface area contributed by atoms with Crippen LogP contribution in [0, 0.1) is 20.8 Å². The first kappa shape index (κ1) is 15.9. The predicted octanol–water partition coefficient (Wildman–Crippen LogP) is 3.47. The van der Waals surface area contributed by atoms with Crippen LogP contribution in [-0.2, 0) is 4.74 Å². The predicted molar refractivity (Wildman–Crippen MR) is 87.4 cm³/mol. The smallest absolute Gasteiger partial charge is 0.373 e. The largest absolute Gasteiger partial charge is 0.508 e. The molecule has 0 atom stereocenters. The molecule has 0 radical (unpaired) electrons. The van der Waals surface area contributed by atoms with Crippen molar-refractivity contribution in [2.24, 2.45) is 0 Å². The van der Waals surface area contributed by atoms with E-state index < -0.39 is 5.97 Å². The standard InChI is InChI=1S/C18H16O6/c1-8-5-12-14(7-13(8)19)24-10(3)16(17(12)20)11-6-15(18(21)22-4)23-9(11)2/h5-7,19H,1-4H3. The number of aromatic hydroxyl groups is 1. The number of fused-ring (bicyclic) bond motifs is 1. The fraction of sp³-hybridized carbons (Fsp3) is 0.222. The maximum atomic E-state index is 12.9. The number of aryl methyl sites for hydroxylation is 3. The molecular weight excluding hydrogens is 312 g/mol. The minimum absolute atomic E-state index is 0.0192. The number of esters is 1. The number of furan rings is 1. The van der Waals surface area contributed by atoms with E-state index in [1.807, 2.05) is 0 Å². The average Bonchev–Trinajstić information content (AvgIpc) is 2.91. The van der Waals surface area contributed by atoms with Crippen LogP contribution < -0.4 is 5.43 Å². The van der Waals surface area contributed by atoms with Crippen molar-refractivity contribution in [3.05, 3.63) is 51.3 Å². The molecule has 3 rings (SSSR count). The summed E-state index contributed by atoms with van der Waals surface area (Å²) in [7, 11) is 1.25. The lowest BCUT2D eigenvalue weighted by molar-refractivity contribution is 0.0563. The Kier molecular flexibility index (Phi) is 3.67. The number of ether oxygens (including phenoxy) is 1. The van der Waals surface area contributed by atoms with Crippen molar-refractivity contribution in [3.63, 3.8) is 0 Å². The van der Waals surface area contributed by atoms with Crippen molar-refractivity contribution < 1.29 is 23.5 Å². The van der Waals surface area contributed by atoms with Crippen LogP contribution in [0.25, 0.3) is 22.1 Å². The average molecular weight is 328 g/mol. The van der Waals surface area contributed by atoms with Gasteiger partial charge >= 0.3 is 5.97 Å². The molecule has 1 aromatic carbocycles. The fourth-order valence-corrected chi connectivity index (χ4v) is 2.69. The topological polar surface area (TPSA) is 89.9 Å². The van der Waals surface area contributed by atoms with Gasteiger partial charge in [-0.15, -0.1) is 0 Å². The van der Waals surface area contributed by atoms with Gasteiger partial charge in [0.1, 0.15) is 22.9 Å². The van der Waals surface area contributed by atoms with Crippen molar-refractivity contribution in [1.82, 2.24) is 0 Å². The van der Waals surface area contributed by atoms with Crippen LogP contribution in [0.1, 0.15) is 27.6 Å². The molecule has 0 saturated heterocycles. The van der Waals surface area contributed by atoms with Gasteiger partial charge in [0.05, 0.1) is 18.1 Å². The number of benzene rings is 1. The molecule has 6 nitrogen and oxygen atoms in total. The van der Waals surface area contributed by atoms with E-state index in [4.69, 9.17) is 8.83 Å². The molecule has 3 aromatic rings. The molecule has 2 heterocycles. The summed E-state index contributed by atoms with van der Waals surface area (Å²) in [5, 5.41) is 10.1. The van der Waals surface area contributed by atoms with Crippen LogP contribution in [0.2, 0.25) is 0 Å². The zero-order valence-electron chi connectivity index (χ0n) is 13.7. The fourth-order valence-electron chi connectivity index (χ4n) is 2.69. The molecule has 0 aliphatic carbocycles. The molecule has 24 heavy (non-hydrogen) atoms. The van der Waals surface area contributed by atoms with Gasteiger partial charge in [0, 0.05) is 11.6 Å². The second-order valence-electron chi connectivity index (χ2n) is 5.57. The van der Waals surface area contributed by atoms with E-state index >= 15 is 0 Å². The lowest BCUT2D eigenvalue weighted by Crippen LogP contribution is -2.08. The molecule has 0 aliphatic rings. The first-order chi connectivity index (χ1) is 11.3. The molecule has 124 valence electrons. The maximum absolute atomic E-state index is 12.9. The lowest BCUT2D eigenvalue weighted by Gasteiger charge is -2.07. The van der Waals surface area contributed by atoms with Gasteiger partial charge in [-0.05, 0) is 38.5 Å². The molecule has 0 saturated carbocycles. The molecule has 0 unspecified atom stereocenters. The van der Waals surface area contributed by atoms with E-state index in [2.05, 4.69) is 4.74 Å². The minimum atomic E-state index is -0.618. The van der Waals surface area contributed by atoms with Crippen LogP contribution in [0.4, 0.5) is 0 Å². The Morgan fingerprint density at radius 1 is 1.08 bits per heavy atom. The SMILES string of the molecule is COC(=O)c1cc(-c2c(C)oc3cc(O)c(C)cc3c2=O)c(C)o1. The van der Waals surface area contributed by atoms with Gasteiger partial charge in [0.25, 0.3) is 0 Å².